The van der Waals surface area contributed by atoms with Gasteiger partial charge in [0, 0.05) is 9.13 Å². The molecule has 0 amide bonds. The first-order chi connectivity index (χ1) is 8.65. The topological polar surface area (TPSA) is 46.5 Å². The number of hydrogen-bond donors (Lipinski definition) is 1. The van der Waals surface area contributed by atoms with Gasteiger partial charge in [0.25, 0.3) is 0 Å². The number of benzene rings is 1. The molecule has 1 aliphatic rings. The van der Waals surface area contributed by atoms with Gasteiger partial charge in [0.15, 0.2) is 0 Å². The van der Waals surface area contributed by atoms with Crippen molar-refractivity contribution in [3.8, 4) is 5.75 Å². The first kappa shape index (κ1) is 14.4. The van der Waals surface area contributed by atoms with Gasteiger partial charge in [0.2, 0.25) is 0 Å². The summed E-state index contributed by atoms with van der Waals surface area (Å²) in [6.07, 6.45) is -4.19. The molecular weight excluding hydrogens is 399 g/mol. The smallest absolute Gasteiger partial charge is 0.448 e. The second kappa shape index (κ2) is 4.55. The van der Waals surface area contributed by atoms with Crippen molar-refractivity contribution in [3.63, 3.8) is 0 Å². The second-order valence-corrected chi connectivity index (χ2v) is 5.52. The normalized spacial score (nSPS) is 22.3. The number of halogens is 5. The minimum absolute atomic E-state index is 0.107. The van der Waals surface area contributed by atoms with Gasteiger partial charge in [-0.1, -0.05) is 17.7 Å². The quantitative estimate of drug-likeness (QED) is 0.574. The molecular formula is C11H5ClF3IO3. The highest BCUT2D eigenvalue weighted by molar-refractivity contribution is 14.1. The first-order valence-electron chi connectivity index (χ1n) is 4.85. The average Bonchev–Trinajstić information content (AvgIpc) is 2.25. The Hall–Kier alpha value is -0.960. The van der Waals surface area contributed by atoms with Crippen molar-refractivity contribution >= 4 is 46.2 Å². The molecule has 1 atom stereocenters. The summed E-state index contributed by atoms with van der Waals surface area (Å²) in [5.41, 5.74) is -0.825. The van der Waals surface area contributed by atoms with E-state index in [4.69, 9.17) is 21.4 Å². The lowest BCUT2D eigenvalue weighted by Gasteiger charge is -2.34. The lowest BCUT2D eigenvalue weighted by molar-refractivity contribution is -0.204. The van der Waals surface area contributed by atoms with Crippen LogP contribution >= 0.6 is 34.2 Å². The largest absolute Gasteiger partial charge is 0.478 e. The summed E-state index contributed by atoms with van der Waals surface area (Å²) < 4.78 is 44.3. The highest BCUT2D eigenvalue weighted by Gasteiger charge is 2.62. The predicted octanol–water partition coefficient (Wildman–Crippen LogP) is 3.65. The van der Waals surface area contributed by atoms with E-state index in [1.807, 2.05) is 22.6 Å². The molecule has 102 valence electrons. The highest BCUT2D eigenvalue weighted by atomic mass is 127. The number of ether oxygens (including phenoxy) is 1. The fourth-order valence-electron chi connectivity index (χ4n) is 1.58. The van der Waals surface area contributed by atoms with E-state index in [9.17, 15) is 18.0 Å². The Labute approximate surface area is 124 Å². The molecule has 8 heteroatoms. The molecule has 0 aliphatic carbocycles. The Morgan fingerprint density at radius 2 is 2.05 bits per heavy atom. The molecule has 19 heavy (non-hydrogen) atoms. The van der Waals surface area contributed by atoms with Crippen molar-refractivity contribution in [2.45, 2.75) is 11.2 Å². The molecule has 1 aromatic rings. The predicted molar refractivity (Wildman–Crippen MR) is 70.0 cm³/mol. The van der Waals surface area contributed by atoms with E-state index in [0.29, 0.717) is 3.57 Å². The van der Waals surface area contributed by atoms with E-state index in [-0.39, 0.29) is 11.3 Å². The van der Waals surface area contributed by atoms with Crippen LogP contribution < -0.4 is 4.74 Å². The summed E-state index contributed by atoms with van der Waals surface area (Å²) in [6.45, 7) is 0. The van der Waals surface area contributed by atoms with Gasteiger partial charge in [-0.3, -0.25) is 0 Å². The Kier molecular flexibility index (Phi) is 3.46. The van der Waals surface area contributed by atoms with E-state index < -0.39 is 22.8 Å². The summed E-state index contributed by atoms with van der Waals surface area (Å²) in [6, 6.07) is 4.44. The Balaban J connectivity index is 2.65. The second-order valence-electron chi connectivity index (χ2n) is 3.74. The standard InChI is InChI=1S/C11H5ClF3IO3/c12-10(11(13,14)15)7(9(17)18)3-5-1-2-6(16)4-8(5)19-10/h1-4H,(H,17,18). The average molecular weight is 405 g/mol. The summed E-state index contributed by atoms with van der Waals surface area (Å²) in [7, 11) is 0. The number of aliphatic carboxylic acids is 1. The van der Waals surface area contributed by atoms with E-state index in [0.717, 1.165) is 6.08 Å². The van der Waals surface area contributed by atoms with Gasteiger partial charge in [-0.15, -0.1) is 0 Å². The lowest BCUT2D eigenvalue weighted by atomic mass is 10.0. The van der Waals surface area contributed by atoms with Crippen LogP contribution in [-0.4, -0.2) is 22.3 Å². The zero-order valence-electron chi connectivity index (χ0n) is 8.96. The number of carbonyl (C=O) groups is 1. The van der Waals surface area contributed by atoms with Crippen LogP contribution in [0.3, 0.4) is 0 Å². The molecule has 0 fully saturated rings. The van der Waals surface area contributed by atoms with Gasteiger partial charge < -0.3 is 9.84 Å². The Bertz CT molecular complexity index is 585. The third-order valence-electron chi connectivity index (χ3n) is 2.47. The number of hydrogen-bond acceptors (Lipinski definition) is 2. The van der Waals surface area contributed by atoms with Crippen molar-refractivity contribution < 1.29 is 27.8 Å². The first-order valence-corrected chi connectivity index (χ1v) is 6.30. The number of alkyl halides is 4. The van der Waals surface area contributed by atoms with Crippen molar-refractivity contribution in [1.82, 2.24) is 0 Å². The van der Waals surface area contributed by atoms with Gasteiger partial charge in [-0.2, -0.15) is 13.2 Å². The fourth-order valence-corrected chi connectivity index (χ4v) is 2.26. The van der Waals surface area contributed by atoms with Gasteiger partial charge in [-0.25, -0.2) is 4.79 Å². The molecule has 1 aliphatic heterocycles. The zero-order valence-corrected chi connectivity index (χ0v) is 11.9. The van der Waals surface area contributed by atoms with E-state index in [2.05, 4.69) is 0 Å². The van der Waals surface area contributed by atoms with Crippen LogP contribution in [0.2, 0.25) is 0 Å². The molecule has 0 saturated carbocycles. The van der Waals surface area contributed by atoms with E-state index >= 15 is 0 Å². The van der Waals surface area contributed by atoms with Gasteiger partial charge in [-0.05, 0) is 40.8 Å². The summed E-state index contributed by atoms with van der Waals surface area (Å²) in [5, 5.41) is 5.50. The maximum absolute atomic E-state index is 13.0. The summed E-state index contributed by atoms with van der Waals surface area (Å²) >= 11 is 7.29. The van der Waals surface area contributed by atoms with Crippen LogP contribution in [0.15, 0.2) is 23.8 Å². The SMILES string of the molecule is O=C(O)C1=Cc2ccc(I)cc2OC1(Cl)C(F)(F)F. The maximum atomic E-state index is 13.0. The molecule has 0 aromatic heterocycles. The number of rotatable bonds is 1. The molecule has 0 radical (unpaired) electrons. The van der Waals surface area contributed by atoms with Crippen LogP contribution in [0.1, 0.15) is 5.56 Å². The monoisotopic (exact) mass is 404 g/mol. The molecule has 1 heterocycles. The number of carboxylic acids is 1. The number of carboxylic acid groups (broad SMARTS) is 1. The van der Waals surface area contributed by atoms with Crippen LogP contribution in [0.4, 0.5) is 13.2 Å². The molecule has 0 saturated heterocycles. The third-order valence-corrected chi connectivity index (χ3v) is 3.63. The van der Waals surface area contributed by atoms with Crippen LogP contribution in [0, 0.1) is 3.57 Å². The molecule has 3 nitrogen and oxygen atoms in total. The van der Waals surface area contributed by atoms with Crippen LogP contribution in [0.25, 0.3) is 6.08 Å². The minimum atomic E-state index is -5.06. The van der Waals surface area contributed by atoms with Gasteiger partial charge in [0.1, 0.15) is 11.3 Å². The minimum Gasteiger partial charge on any atom is -0.478 e. The van der Waals surface area contributed by atoms with Crippen molar-refractivity contribution in [3.05, 3.63) is 32.9 Å². The maximum Gasteiger partial charge on any atom is 0.448 e. The lowest BCUT2D eigenvalue weighted by Crippen LogP contribution is -2.50. The van der Waals surface area contributed by atoms with E-state index in [1.54, 1.807) is 6.07 Å². The fraction of sp³-hybridized carbons (Fsp3) is 0.182. The van der Waals surface area contributed by atoms with Crippen molar-refractivity contribution in [1.29, 1.82) is 0 Å². The summed E-state index contributed by atoms with van der Waals surface area (Å²) in [4.78, 5) is 11.0. The van der Waals surface area contributed by atoms with Gasteiger partial charge >= 0.3 is 17.2 Å². The molecule has 1 aromatic carbocycles. The van der Waals surface area contributed by atoms with Crippen LogP contribution in [0.5, 0.6) is 5.75 Å². The van der Waals surface area contributed by atoms with Crippen molar-refractivity contribution in [2.75, 3.05) is 0 Å². The molecule has 1 N–H and O–H groups in total. The zero-order chi connectivity index (χ0) is 14.4. The molecule has 2 rings (SSSR count). The highest BCUT2D eigenvalue weighted by Crippen LogP contribution is 2.48. The molecule has 0 spiro atoms. The number of fused-ring (bicyclic) bond motifs is 1. The Morgan fingerprint density at radius 3 is 2.58 bits per heavy atom. The Morgan fingerprint density at radius 1 is 1.42 bits per heavy atom. The van der Waals surface area contributed by atoms with Crippen molar-refractivity contribution in [2.24, 2.45) is 0 Å². The summed E-state index contributed by atoms with van der Waals surface area (Å²) in [5.74, 6) is -1.89. The van der Waals surface area contributed by atoms with E-state index in [1.165, 1.54) is 12.1 Å². The molecule has 1 unspecified atom stereocenters. The van der Waals surface area contributed by atoms with Crippen LogP contribution in [-0.2, 0) is 4.79 Å². The third kappa shape index (κ3) is 2.40. The molecule has 0 bridgehead atoms. The van der Waals surface area contributed by atoms with Gasteiger partial charge in [0.05, 0.1) is 0 Å².